The maximum atomic E-state index is 12.4. The van der Waals surface area contributed by atoms with Crippen LogP contribution >= 0.6 is 11.6 Å². The fourth-order valence-corrected chi connectivity index (χ4v) is 3.08. The lowest BCUT2D eigenvalue weighted by atomic mass is 10.1. The number of carbonyl (C=O) groups excluding carboxylic acids is 2. The van der Waals surface area contributed by atoms with Crippen LogP contribution < -0.4 is 10.6 Å². The average Bonchev–Trinajstić information content (AvgIpc) is 3.39. The van der Waals surface area contributed by atoms with Crippen LogP contribution in [0.3, 0.4) is 0 Å². The molecule has 0 aromatic heterocycles. The number of anilines is 2. The molecule has 2 N–H and O–H groups in total. The Bertz CT molecular complexity index is 819. The summed E-state index contributed by atoms with van der Waals surface area (Å²) in [6, 6.07) is 13.1. The van der Waals surface area contributed by atoms with Crippen molar-refractivity contribution < 1.29 is 9.59 Å². The molecule has 3 rings (SSSR count). The van der Waals surface area contributed by atoms with Gasteiger partial charge in [0.15, 0.2) is 0 Å². The Hall–Kier alpha value is -2.33. The first-order chi connectivity index (χ1) is 12.0. The number of carbonyl (C=O) groups is 2. The number of nitrogens with one attached hydrogen (secondary N) is 2. The maximum absolute atomic E-state index is 12.4. The third-order valence-corrected chi connectivity index (χ3v) is 4.81. The Morgan fingerprint density at radius 2 is 1.68 bits per heavy atom. The lowest BCUT2D eigenvalue weighted by Gasteiger charge is -2.10. The molecule has 0 heterocycles. The number of hydrogen-bond acceptors (Lipinski definition) is 2. The van der Waals surface area contributed by atoms with Crippen molar-refractivity contribution in [1.82, 2.24) is 0 Å². The minimum atomic E-state index is -0.285. The monoisotopic (exact) mass is 356 g/mol. The van der Waals surface area contributed by atoms with Gasteiger partial charge < -0.3 is 10.6 Å². The number of rotatable bonds is 5. The Morgan fingerprint density at radius 1 is 1.04 bits per heavy atom. The van der Waals surface area contributed by atoms with E-state index in [1.165, 1.54) is 0 Å². The van der Waals surface area contributed by atoms with Crippen LogP contribution in [0.1, 0.15) is 24.5 Å². The van der Waals surface area contributed by atoms with Crippen molar-refractivity contribution in [2.24, 2.45) is 11.8 Å². The fourth-order valence-electron chi connectivity index (χ4n) is 2.90. The topological polar surface area (TPSA) is 58.2 Å². The first-order valence-corrected chi connectivity index (χ1v) is 8.83. The molecule has 1 aliphatic carbocycles. The second-order valence-corrected chi connectivity index (χ2v) is 6.83. The van der Waals surface area contributed by atoms with Gasteiger partial charge in [0.1, 0.15) is 0 Å². The molecular weight excluding hydrogens is 336 g/mol. The minimum absolute atomic E-state index is 0.0936. The Labute approximate surface area is 152 Å². The predicted molar refractivity (Wildman–Crippen MR) is 101 cm³/mol. The van der Waals surface area contributed by atoms with E-state index in [1.807, 2.05) is 44.2 Å². The summed E-state index contributed by atoms with van der Waals surface area (Å²) >= 11 is 5.98. The standard InChI is InChI=1S/C20H21ClN2O2/c1-3-13-6-4-5-7-17(13)22-19(24)15-11-16(15)20(25)23-18-10-14(21)9-8-12(18)2/h4-10,15-16H,3,11H2,1-2H3,(H,22,24)(H,23,25). The molecule has 0 spiro atoms. The smallest absolute Gasteiger partial charge is 0.228 e. The largest absolute Gasteiger partial charge is 0.326 e. The van der Waals surface area contributed by atoms with E-state index >= 15 is 0 Å². The second kappa shape index (κ2) is 7.28. The molecule has 1 saturated carbocycles. The highest BCUT2D eigenvalue weighted by molar-refractivity contribution is 6.31. The van der Waals surface area contributed by atoms with Crippen molar-refractivity contribution in [3.8, 4) is 0 Å². The van der Waals surface area contributed by atoms with Crippen molar-refractivity contribution >= 4 is 34.8 Å². The predicted octanol–water partition coefficient (Wildman–Crippen LogP) is 4.42. The number of halogens is 1. The summed E-state index contributed by atoms with van der Waals surface area (Å²) in [7, 11) is 0. The van der Waals surface area contributed by atoms with Gasteiger partial charge in [-0.05, 0) is 49.1 Å². The summed E-state index contributed by atoms with van der Waals surface area (Å²) in [5.74, 6) is -0.783. The van der Waals surface area contributed by atoms with E-state index in [4.69, 9.17) is 11.6 Å². The SMILES string of the molecule is CCc1ccccc1NC(=O)C1CC1C(=O)Nc1cc(Cl)ccc1C. The summed E-state index contributed by atoms with van der Waals surface area (Å²) in [5.41, 5.74) is 3.55. The van der Waals surface area contributed by atoms with Crippen molar-refractivity contribution in [3.63, 3.8) is 0 Å². The molecule has 1 fully saturated rings. The van der Waals surface area contributed by atoms with Gasteiger partial charge in [0.2, 0.25) is 11.8 Å². The van der Waals surface area contributed by atoms with Crippen LogP contribution in [0.2, 0.25) is 5.02 Å². The van der Waals surface area contributed by atoms with Crippen LogP contribution in [-0.4, -0.2) is 11.8 Å². The third-order valence-electron chi connectivity index (χ3n) is 4.58. The molecule has 2 aromatic rings. The number of benzene rings is 2. The van der Waals surface area contributed by atoms with E-state index in [0.29, 0.717) is 17.1 Å². The molecule has 130 valence electrons. The van der Waals surface area contributed by atoms with Gasteiger partial charge in [-0.15, -0.1) is 0 Å². The van der Waals surface area contributed by atoms with Crippen LogP contribution in [-0.2, 0) is 16.0 Å². The summed E-state index contributed by atoms with van der Waals surface area (Å²) in [4.78, 5) is 24.8. The molecule has 2 unspecified atom stereocenters. The molecule has 2 atom stereocenters. The molecule has 0 saturated heterocycles. The highest BCUT2D eigenvalue weighted by Crippen LogP contribution is 2.40. The lowest BCUT2D eigenvalue weighted by molar-refractivity contribution is -0.122. The van der Waals surface area contributed by atoms with Gasteiger partial charge in [-0.25, -0.2) is 0 Å². The fraction of sp³-hybridized carbons (Fsp3) is 0.300. The lowest BCUT2D eigenvalue weighted by Crippen LogP contribution is -2.21. The molecular formula is C20H21ClN2O2. The van der Waals surface area contributed by atoms with Gasteiger partial charge in [-0.2, -0.15) is 0 Å². The average molecular weight is 357 g/mol. The van der Waals surface area contributed by atoms with Crippen LogP contribution in [0.4, 0.5) is 11.4 Å². The van der Waals surface area contributed by atoms with Gasteiger partial charge in [-0.3, -0.25) is 9.59 Å². The molecule has 4 nitrogen and oxygen atoms in total. The summed E-state index contributed by atoms with van der Waals surface area (Å²) in [5, 5.41) is 6.40. The minimum Gasteiger partial charge on any atom is -0.326 e. The summed E-state index contributed by atoms with van der Waals surface area (Å²) < 4.78 is 0. The van der Waals surface area contributed by atoms with Crippen molar-refractivity contribution in [2.45, 2.75) is 26.7 Å². The zero-order valence-electron chi connectivity index (χ0n) is 14.3. The highest BCUT2D eigenvalue weighted by atomic mass is 35.5. The first kappa shape index (κ1) is 17.5. The maximum Gasteiger partial charge on any atom is 0.228 e. The number of hydrogen-bond donors (Lipinski definition) is 2. The molecule has 25 heavy (non-hydrogen) atoms. The van der Waals surface area contributed by atoms with Crippen molar-refractivity contribution in [3.05, 3.63) is 58.6 Å². The van der Waals surface area contributed by atoms with E-state index in [9.17, 15) is 9.59 Å². The van der Waals surface area contributed by atoms with E-state index in [-0.39, 0.29) is 23.7 Å². The number of amides is 2. The van der Waals surface area contributed by atoms with Crippen molar-refractivity contribution in [1.29, 1.82) is 0 Å². The summed E-state index contributed by atoms with van der Waals surface area (Å²) in [6.45, 7) is 3.95. The molecule has 0 aliphatic heterocycles. The molecule has 0 radical (unpaired) electrons. The Balaban J connectivity index is 1.61. The molecule has 0 bridgehead atoms. The van der Waals surface area contributed by atoms with Gasteiger partial charge in [0, 0.05) is 16.4 Å². The molecule has 5 heteroatoms. The first-order valence-electron chi connectivity index (χ1n) is 8.45. The molecule has 2 amide bonds. The van der Waals surface area contributed by atoms with Gasteiger partial charge in [0.05, 0.1) is 11.8 Å². The van der Waals surface area contributed by atoms with Crippen LogP contribution in [0, 0.1) is 18.8 Å². The van der Waals surface area contributed by atoms with Gasteiger partial charge >= 0.3 is 0 Å². The van der Waals surface area contributed by atoms with Crippen LogP contribution in [0.15, 0.2) is 42.5 Å². The van der Waals surface area contributed by atoms with E-state index in [2.05, 4.69) is 10.6 Å². The quantitative estimate of drug-likeness (QED) is 0.832. The molecule has 1 aliphatic rings. The van der Waals surface area contributed by atoms with Crippen molar-refractivity contribution in [2.75, 3.05) is 10.6 Å². The Morgan fingerprint density at radius 3 is 2.36 bits per heavy atom. The van der Waals surface area contributed by atoms with Crippen LogP contribution in [0.5, 0.6) is 0 Å². The van der Waals surface area contributed by atoms with Gasteiger partial charge in [-0.1, -0.05) is 42.8 Å². The number of para-hydroxylation sites is 1. The second-order valence-electron chi connectivity index (χ2n) is 6.40. The normalized spacial score (nSPS) is 18.5. The summed E-state index contributed by atoms with van der Waals surface area (Å²) in [6.07, 6.45) is 1.42. The zero-order valence-corrected chi connectivity index (χ0v) is 15.1. The zero-order chi connectivity index (χ0) is 18.0. The number of aryl methyl sites for hydroxylation is 2. The molecule has 2 aromatic carbocycles. The van der Waals surface area contributed by atoms with E-state index in [0.717, 1.165) is 23.2 Å². The van der Waals surface area contributed by atoms with E-state index < -0.39 is 0 Å². The Kier molecular flexibility index (Phi) is 5.09. The van der Waals surface area contributed by atoms with E-state index in [1.54, 1.807) is 12.1 Å². The van der Waals surface area contributed by atoms with Gasteiger partial charge in [0.25, 0.3) is 0 Å². The van der Waals surface area contributed by atoms with Crippen LogP contribution in [0.25, 0.3) is 0 Å². The third kappa shape index (κ3) is 4.02. The highest BCUT2D eigenvalue weighted by Gasteiger charge is 2.48.